The highest BCUT2D eigenvalue weighted by molar-refractivity contribution is 5.86. The Morgan fingerprint density at radius 2 is 1.86 bits per heavy atom. The number of carboxylic acids is 1. The molecule has 4 heteroatoms. The minimum atomic E-state index is -1.08. The number of benzene rings is 2. The van der Waals surface area contributed by atoms with Crippen molar-refractivity contribution < 1.29 is 9.90 Å². The number of nitrogens with one attached hydrogen (secondary N) is 1. The molecule has 0 fully saturated rings. The van der Waals surface area contributed by atoms with Gasteiger partial charge in [-0.25, -0.2) is 4.79 Å². The number of carbonyl (C=O) groups is 1. The van der Waals surface area contributed by atoms with Crippen molar-refractivity contribution in [1.29, 1.82) is 0 Å². The van der Waals surface area contributed by atoms with Crippen molar-refractivity contribution in [2.75, 3.05) is 27.2 Å². The Labute approximate surface area is 125 Å². The van der Waals surface area contributed by atoms with E-state index in [2.05, 4.69) is 5.32 Å². The van der Waals surface area contributed by atoms with Gasteiger partial charge in [-0.3, -0.25) is 5.32 Å². The quantitative estimate of drug-likeness (QED) is 0.855. The second-order valence-corrected chi connectivity index (χ2v) is 5.72. The Kier molecular flexibility index (Phi) is 4.60. The average Bonchev–Trinajstić information content (AvgIpc) is 2.46. The van der Waals surface area contributed by atoms with Crippen LogP contribution in [0.25, 0.3) is 10.8 Å². The second kappa shape index (κ2) is 6.24. The molecule has 0 bridgehead atoms. The van der Waals surface area contributed by atoms with Crippen LogP contribution in [0.2, 0.25) is 0 Å². The van der Waals surface area contributed by atoms with Crippen LogP contribution in [-0.4, -0.2) is 43.2 Å². The normalized spacial score (nSPS) is 14.3. The highest BCUT2D eigenvalue weighted by atomic mass is 16.4. The zero-order valence-corrected chi connectivity index (χ0v) is 12.8. The van der Waals surface area contributed by atoms with E-state index in [9.17, 15) is 9.90 Å². The van der Waals surface area contributed by atoms with Gasteiger partial charge in [-0.15, -0.1) is 0 Å². The molecule has 112 valence electrons. The van der Waals surface area contributed by atoms with E-state index in [-0.39, 0.29) is 0 Å². The number of hydrogen-bond acceptors (Lipinski definition) is 3. The Balaban J connectivity index is 2.32. The molecule has 0 amide bonds. The molecule has 2 aromatic rings. The van der Waals surface area contributed by atoms with Gasteiger partial charge in [0.15, 0.2) is 0 Å². The van der Waals surface area contributed by atoms with Gasteiger partial charge >= 0.3 is 5.97 Å². The fourth-order valence-corrected chi connectivity index (χ4v) is 2.33. The highest BCUT2D eigenvalue weighted by Crippen LogP contribution is 2.25. The monoisotopic (exact) mass is 286 g/mol. The molecule has 0 saturated heterocycles. The molecule has 2 N–H and O–H groups in total. The van der Waals surface area contributed by atoms with Gasteiger partial charge in [-0.1, -0.05) is 36.4 Å². The molecule has 0 aliphatic rings. The first kappa shape index (κ1) is 15.5. The molecule has 1 unspecified atom stereocenters. The van der Waals surface area contributed by atoms with Crippen molar-refractivity contribution in [3.05, 3.63) is 48.0 Å². The summed E-state index contributed by atoms with van der Waals surface area (Å²) in [4.78, 5) is 13.8. The smallest absolute Gasteiger partial charge is 0.328 e. The first-order valence-corrected chi connectivity index (χ1v) is 7.06. The molecule has 4 nitrogen and oxygen atoms in total. The van der Waals surface area contributed by atoms with Gasteiger partial charge in [0.05, 0.1) is 0 Å². The summed E-state index contributed by atoms with van der Waals surface area (Å²) in [6.07, 6.45) is 0. The summed E-state index contributed by atoms with van der Waals surface area (Å²) >= 11 is 0. The van der Waals surface area contributed by atoms with Gasteiger partial charge in [0, 0.05) is 13.1 Å². The van der Waals surface area contributed by atoms with E-state index in [4.69, 9.17) is 0 Å². The fraction of sp³-hybridized carbons (Fsp3) is 0.353. The minimum Gasteiger partial charge on any atom is -0.480 e. The van der Waals surface area contributed by atoms with E-state index in [0.29, 0.717) is 6.54 Å². The SMILES string of the molecule is CN(C)CCNC(C)(C(=O)O)c1ccc2ccccc2c1. The average molecular weight is 286 g/mol. The molecule has 0 heterocycles. The van der Waals surface area contributed by atoms with E-state index in [1.807, 2.05) is 61.5 Å². The Hall–Kier alpha value is -1.91. The zero-order valence-electron chi connectivity index (χ0n) is 12.8. The van der Waals surface area contributed by atoms with Crippen molar-refractivity contribution in [2.24, 2.45) is 0 Å². The van der Waals surface area contributed by atoms with Crippen molar-refractivity contribution in [3.63, 3.8) is 0 Å². The Bertz CT molecular complexity index is 639. The van der Waals surface area contributed by atoms with Gasteiger partial charge in [0.1, 0.15) is 5.54 Å². The number of fused-ring (bicyclic) bond motifs is 1. The van der Waals surface area contributed by atoms with Crippen LogP contribution in [0.3, 0.4) is 0 Å². The number of hydrogen-bond donors (Lipinski definition) is 2. The van der Waals surface area contributed by atoms with Gasteiger partial charge in [-0.2, -0.15) is 0 Å². The molecular weight excluding hydrogens is 264 g/mol. The summed E-state index contributed by atoms with van der Waals surface area (Å²) in [5.41, 5.74) is -0.312. The van der Waals surface area contributed by atoms with Crippen LogP contribution in [0.5, 0.6) is 0 Å². The predicted molar refractivity (Wildman–Crippen MR) is 85.5 cm³/mol. The molecule has 1 atom stereocenters. The first-order chi connectivity index (χ1) is 9.93. The van der Waals surface area contributed by atoms with Crippen LogP contribution < -0.4 is 5.32 Å². The third kappa shape index (κ3) is 3.40. The summed E-state index contributed by atoms with van der Waals surface area (Å²) in [7, 11) is 3.94. The summed E-state index contributed by atoms with van der Waals surface area (Å²) < 4.78 is 0. The van der Waals surface area contributed by atoms with Crippen molar-refractivity contribution in [2.45, 2.75) is 12.5 Å². The van der Waals surface area contributed by atoms with E-state index >= 15 is 0 Å². The van der Waals surface area contributed by atoms with Crippen LogP contribution in [0, 0.1) is 0 Å². The topological polar surface area (TPSA) is 52.6 Å². The zero-order chi connectivity index (χ0) is 15.5. The lowest BCUT2D eigenvalue weighted by atomic mass is 9.90. The molecule has 0 spiro atoms. The maximum Gasteiger partial charge on any atom is 0.328 e. The highest BCUT2D eigenvalue weighted by Gasteiger charge is 2.34. The summed E-state index contributed by atoms with van der Waals surface area (Å²) in [6, 6.07) is 13.8. The molecule has 0 aromatic heterocycles. The van der Waals surface area contributed by atoms with E-state index in [1.54, 1.807) is 6.92 Å². The third-order valence-corrected chi connectivity index (χ3v) is 3.79. The standard InChI is InChI=1S/C17H22N2O2/c1-17(16(20)21,18-10-11-19(2)3)15-9-8-13-6-4-5-7-14(13)12-15/h4-9,12,18H,10-11H2,1-3H3,(H,20,21). The first-order valence-electron chi connectivity index (χ1n) is 7.06. The molecule has 0 saturated carbocycles. The fourth-order valence-electron chi connectivity index (χ4n) is 2.33. The van der Waals surface area contributed by atoms with Crippen LogP contribution >= 0.6 is 0 Å². The van der Waals surface area contributed by atoms with Crippen LogP contribution in [0.1, 0.15) is 12.5 Å². The Morgan fingerprint density at radius 3 is 2.48 bits per heavy atom. The van der Waals surface area contributed by atoms with Crippen LogP contribution in [0.4, 0.5) is 0 Å². The minimum absolute atomic E-state index is 0.614. The summed E-state index contributed by atoms with van der Waals surface area (Å²) in [5.74, 6) is -0.864. The number of rotatable bonds is 6. The van der Waals surface area contributed by atoms with E-state index in [0.717, 1.165) is 22.9 Å². The lowest BCUT2D eigenvalue weighted by Crippen LogP contribution is -2.48. The summed E-state index contributed by atoms with van der Waals surface area (Å²) in [5, 5.41) is 15.0. The second-order valence-electron chi connectivity index (χ2n) is 5.72. The maximum absolute atomic E-state index is 11.8. The Morgan fingerprint density at radius 1 is 1.19 bits per heavy atom. The molecule has 0 aliphatic heterocycles. The van der Waals surface area contributed by atoms with E-state index < -0.39 is 11.5 Å². The molecule has 2 aromatic carbocycles. The van der Waals surface area contributed by atoms with E-state index in [1.165, 1.54) is 0 Å². The number of likely N-dealkylation sites (N-methyl/N-ethyl adjacent to an activating group) is 1. The molecule has 21 heavy (non-hydrogen) atoms. The largest absolute Gasteiger partial charge is 0.480 e. The van der Waals surface area contributed by atoms with Crippen LogP contribution in [0.15, 0.2) is 42.5 Å². The van der Waals surface area contributed by atoms with Gasteiger partial charge in [0.25, 0.3) is 0 Å². The van der Waals surface area contributed by atoms with Crippen LogP contribution in [-0.2, 0) is 10.3 Å². The van der Waals surface area contributed by atoms with Crippen molar-refractivity contribution >= 4 is 16.7 Å². The molecular formula is C17H22N2O2. The van der Waals surface area contributed by atoms with Crippen molar-refractivity contribution in [1.82, 2.24) is 10.2 Å². The lowest BCUT2D eigenvalue weighted by Gasteiger charge is -2.28. The lowest BCUT2D eigenvalue weighted by molar-refractivity contribution is -0.144. The van der Waals surface area contributed by atoms with Crippen molar-refractivity contribution in [3.8, 4) is 0 Å². The van der Waals surface area contributed by atoms with Gasteiger partial charge in [0.2, 0.25) is 0 Å². The number of nitrogens with zero attached hydrogens (tertiary/aromatic N) is 1. The summed E-state index contributed by atoms with van der Waals surface area (Å²) in [6.45, 7) is 3.12. The molecule has 0 aliphatic carbocycles. The maximum atomic E-state index is 11.8. The molecule has 0 radical (unpaired) electrons. The third-order valence-electron chi connectivity index (χ3n) is 3.79. The predicted octanol–water partition coefficient (Wildman–Crippen LogP) is 2.29. The van der Waals surface area contributed by atoms with Gasteiger partial charge < -0.3 is 10.0 Å². The van der Waals surface area contributed by atoms with Gasteiger partial charge in [-0.05, 0) is 43.4 Å². The number of carboxylic acid groups (broad SMARTS) is 1. The number of aliphatic carboxylic acids is 1. The molecule has 2 rings (SSSR count).